The topological polar surface area (TPSA) is 59.0 Å². The van der Waals surface area contributed by atoms with Crippen molar-refractivity contribution in [1.82, 2.24) is 4.90 Å². The number of aryl methyl sites for hydroxylation is 1. The molecule has 1 fully saturated rings. The monoisotopic (exact) mass is 359 g/mol. The first-order valence-electron chi connectivity index (χ1n) is 8.45. The first-order chi connectivity index (χ1) is 12.4. The molecule has 0 saturated carbocycles. The fourth-order valence-corrected chi connectivity index (χ4v) is 3.06. The molecule has 0 radical (unpaired) electrons. The van der Waals surface area contributed by atoms with E-state index in [4.69, 9.17) is 9.47 Å². The first kappa shape index (κ1) is 18.2. The lowest BCUT2D eigenvalue weighted by atomic mass is 10.1. The number of halogens is 1. The van der Waals surface area contributed by atoms with Gasteiger partial charge in [0.15, 0.2) is 11.6 Å². The van der Waals surface area contributed by atoms with Crippen LogP contribution in [0.25, 0.3) is 0 Å². The third-order valence-corrected chi connectivity index (χ3v) is 4.61. The fraction of sp³-hybridized carbons (Fsp3) is 0.350. The summed E-state index contributed by atoms with van der Waals surface area (Å²) in [4.78, 5) is 14.1. The summed E-state index contributed by atoms with van der Waals surface area (Å²) in [5.41, 5.74) is 0.0891. The highest BCUT2D eigenvalue weighted by Crippen LogP contribution is 2.26. The molecule has 0 bridgehead atoms. The lowest BCUT2D eigenvalue weighted by Gasteiger charge is -2.24. The van der Waals surface area contributed by atoms with Crippen molar-refractivity contribution >= 4 is 5.91 Å². The van der Waals surface area contributed by atoms with Crippen LogP contribution in [-0.2, 0) is 0 Å². The summed E-state index contributed by atoms with van der Waals surface area (Å²) in [6, 6.07) is 11.7. The number of carbonyl (C=O) groups excluding carboxylic acids is 1. The minimum Gasteiger partial charge on any atom is -0.494 e. The Bertz CT molecular complexity index is 810. The lowest BCUT2D eigenvalue weighted by Crippen LogP contribution is -2.40. The van der Waals surface area contributed by atoms with Crippen LogP contribution in [0.5, 0.6) is 11.5 Å². The van der Waals surface area contributed by atoms with Gasteiger partial charge in [-0.25, -0.2) is 4.39 Å². The van der Waals surface area contributed by atoms with Crippen molar-refractivity contribution in [2.75, 3.05) is 26.8 Å². The number of likely N-dealkylation sites (tertiary alicyclic amines) is 1. The van der Waals surface area contributed by atoms with Crippen LogP contribution in [0.3, 0.4) is 0 Å². The van der Waals surface area contributed by atoms with Crippen molar-refractivity contribution in [1.29, 1.82) is 0 Å². The van der Waals surface area contributed by atoms with Crippen molar-refractivity contribution in [2.45, 2.75) is 18.9 Å². The number of methoxy groups -OCH3 is 1. The largest absolute Gasteiger partial charge is 0.494 e. The van der Waals surface area contributed by atoms with Crippen LogP contribution >= 0.6 is 0 Å². The smallest absolute Gasteiger partial charge is 0.254 e. The number of benzene rings is 2. The number of rotatable bonds is 5. The zero-order chi connectivity index (χ0) is 18.7. The number of ether oxygens (including phenoxy) is 2. The SMILES string of the molecule is COc1ccc(C(=O)N2CCC(O)(COc3ccccc3C)C2)cc1F. The molecule has 0 aliphatic carbocycles. The number of para-hydroxylation sites is 1. The highest BCUT2D eigenvalue weighted by molar-refractivity contribution is 5.94. The van der Waals surface area contributed by atoms with E-state index in [-0.39, 0.29) is 30.4 Å². The number of amides is 1. The van der Waals surface area contributed by atoms with E-state index < -0.39 is 11.4 Å². The number of hydrogen-bond donors (Lipinski definition) is 1. The first-order valence-corrected chi connectivity index (χ1v) is 8.45. The molecular weight excluding hydrogens is 337 g/mol. The summed E-state index contributed by atoms with van der Waals surface area (Å²) in [5, 5.41) is 10.7. The van der Waals surface area contributed by atoms with Gasteiger partial charge in [-0.1, -0.05) is 18.2 Å². The van der Waals surface area contributed by atoms with Crippen LogP contribution in [0.15, 0.2) is 42.5 Å². The summed E-state index contributed by atoms with van der Waals surface area (Å²) in [5.74, 6) is -0.108. The summed E-state index contributed by atoms with van der Waals surface area (Å²) in [6.07, 6.45) is 0.406. The molecule has 1 atom stereocenters. The predicted molar refractivity (Wildman–Crippen MR) is 95.1 cm³/mol. The van der Waals surface area contributed by atoms with E-state index in [0.717, 1.165) is 11.6 Å². The third-order valence-electron chi connectivity index (χ3n) is 4.61. The van der Waals surface area contributed by atoms with Crippen molar-refractivity contribution in [2.24, 2.45) is 0 Å². The summed E-state index contributed by atoms with van der Waals surface area (Å²) >= 11 is 0. The molecule has 1 amide bonds. The number of carbonyl (C=O) groups is 1. The molecular formula is C20H22FNO4. The van der Waals surface area contributed by atoms with Gasteiger partial charge in [-0.2, -0.15) is 0 Å². The van der Waals surface area contributed by atoms with E-state index in [0.29, 0.717) is 18.7 Å². The molecule has 2 aromatic carbocycles. The van der Waals surface area contributed by atoms with Crippen molar-refractivity contribution < 1.29 is 23.8 Å². The van der Waals surface area contributed by atoms with Gasteiger partial charge >= 0.3 is 0 Å². The second-order valence-electron chi connectivity index (χ2n) is 6.60. The Kier molecular flexibility index (Phi) is 5.13. The van der Waals surface area contributed by atoms with Gasteiger partial charge in [-0.05, 0) is 43.2 Å². The molecule has 1 aliphatic heterocycles. The highest BCUT2D eigenvalue weighted by atomic mass is 19.1. The van der Waals surface area contributed by atoms with Gasteiger partial charge in [0.05, 0.1) is 13.7 Å². The Labute approximate surface area is 152 Å². The summed E-state index contributed by atoms with van der Waals surface area (Å²) in [6.45, 7) is 2.56. The quantitative estimate of drug-likeness (QED) is 0.892. The second kappa shape index (κ2) is 7.33. The van der Waals surface area contributed by atoms with E-state index in [1.165, 1.54) is 24.1 Å². The van der Waals surface area contributed by atoms with Crippen molar-refractivity contribution in [3.63, 3.8) is 0 Å². The average molecular weight is 359 g/mol. The van der Waals surface area contributed by atoms with Gasteiger partial charge in [-0.3, -0.25) is 4.79 Å². The minimum absolute atomic E-state index is 0.0890. The van der Waals surface area contributed by atoms with Gasteiger partial charge in [0.2, 0.25) is 0 Å². The minimum atomic E-state index is -1.12. The van der Waals surface area contributed by atoms with E-state index in [9.17, 15) is 14.3 Å². The fourth-order valence-electron chi connectivity index (χ4n) is 3.06. The normalized spacial score (nSPS) is 19.5. The van der Waals surface area contributed by atoms with Gasteiger partial charge < -0.3 is 19.5 Å². The standard InChI is InChI=1S/C20H22FNO4/c1-14-5-3-4-6-17(14)26-13-20(24)9-10-22(12-20)19(23)15-7-8-18(25-2)16(21)11-15/h3-8,11,24H,9-10,12-13H2,1-2H3. The summed E-state index contributed by atoms with van der Waals surface area (Å²) in [7, 11) is 1.37. The van der Waals surface area contributed by atoms with E-state index in [1.807, 2.05) is 31.2 Å². The Balaban J connectivity index is 1.64. The van der Waals surface area contributed by atoms with Crippen molar-refractivity contribution in [3.05, 3.63) is 59.4 Å². The van der Waals surface area contributed by atoms with Crippen LogP contribution in [0.1, 0.15) is 22.3 Å². The van der Waals surface area contributed by atoms with Crippen molar-refractivity contribution in [3.8, 4) is 11.5 Å². The molecule has 1 saturated heterocycles. The molecule has 2 aromatic rings. The van der Waals surface area contributed by atoms with E-state index in [2.05, 4.69) is 0 Å². The third kappa shape index (κ3) is 3.80. The van der Waals surface area contributed by atoms with Gasteiger partial charge in [0.25, 0.3) is 5.91 Å². The zero-order valence-corrected chi connectivity index (χ0v) is 14.9. The van der Waals surface area contributed by atoms with Gasteiger partial charge in [0, 0.05) is 12.1 Å². The Morgan fingerprint density at radius 3 is 2.73 bits per heavy atom. The molecule has 3 rings (SSSR count). The highest BCUT2D eigenvalue weighted by Gasteiger charge is 2.39. The second-order valence-corrected chi connectivity index (χ2v) is 6.60. The molecule has 0 spiro atoms. The Hall–Kier alpha value is -2.60. The van der Waals surface area contributed by atoms with Crippen LogP contribution in [0.2, 0.25) is 0 Å². The predicted octanol–water partition coefficient (Wildman–Crippen LogP) is 2.80. The van der Waals surface area contributed by atoms with E-state index >= 15 is 0 Å². The van der Waals surface area contributed by atoms with E-state index in [1.54, 1.807) is 0 Å². The number of aliphatic hydroxyl groups is 1. The average Bonchev–Trinajstić information content (AvgIpc) is 3.03. The maximum atomic E-state index is 13.8. The molecule has 26 heavy (non-hydrogen) atoms. The van der Waals surface area contributed by atoms with Gasteiger partial charge in [-0.15, -0.1) is 0 Å². The maximum absolute atomic E-state index is 13.8. The molecule has 1 heterocycles. The Morgan fingerprint density at radius 1 is 1.27 bits per heavy atom. The van der Waals surface area contributed by atoms with Crippen LogP contribution in [0.4, 0.5) is 4.39 Å². The van der Waals surface area contributed by atoms with Crippen LogP contribution in [-0.4, -0.2) is 48.3 Å². The van der Waals surface area contributed by atoms with Gasteiger partial charge in [0.1, 0.15) is 18.0 Å². The molecule has 5 nitrogen and oxygen atoms in total. The van der Waals surface area contributed by atoms with Crippen LogP contribution < -0.4 is 9.47 Å². The lowest BCUT2D eigenvalue weighted by molar-refractivity contribution is 0.00412. The summed E-state index contributed by atoms with van der Waals surface area (Å²) < 4.78 is 24.4. The molecule has 1 N–H and O–H groups in total. The molecule has 0 aromatic heterocycles. The maximum Gasteiger partial charge on any atom is 0.254 e. The molecule has 1 unspecified atom stereocenters. The number of hydrogen-bond acceptors (Lipinski definition) is 4. The number of nitrogens with zero attached hydrogens (tertiary/aromatic N) is 1. The molecule has 138 valence electrons. The molecule has 1 aliphatic rings. The van der Waals surface area contributed by atoms with Crippen LogP contribution in [0, 0.1) is 12.7 Å². The molecule has 6 heteroatoms. The Morgan fingerprint density at radius 2 is 2.04 bits per heavy atom. The number of β-amino-alcohol motifs (C(OH)–C–C–N with tert-alkyl or cyclic N) is 1. The zero-order valence-electron chi connectivity index (χ0n) is 14.9.